The van der Waals surface area contributed by atoms with Crippen LogP contribution in [0.3, 0.4) is 0 Å². The quantitative estimate of drug-likeness (QED) is 0.561. The molecule has 2 heteroatoms. The molecule has 0 amide bonds. The van der Waals surface area contributed by atoms with Crippen LogP contribution in [-0.4, -0.2) is 35.2 Å². The minimum Gasteiger partial charge on any atom is -0.378 e. The van der Waals surface area contributed by atoms with Crippen molar-refractivity contribution in [3.8, 4) is 11.8 Å². The summed E-state index contributed by atoms with van der Waals surface area (Å²) in [6.07, 6.45) is 5.87. The monoisotopic (exact) mass is 207 g/mol. The minimum atomic E-state index is -0.853. The first-order valence-corrected chi connectivity index (χ1v) is 5.70. The summed E-state index contributed by atoms with van der Waals surface area (Å²) in [6, 6.07) is 0. The van der Waals surface area contributed by atoms with E-state index in [-0.39, 0.29) is 0 Å². The van der Waals surface area contributed by atoms with E-state index >= 15 is 0 Å². The molecular formula is C13H21NO. The first-order chi connectivity index (χ1) is 7.14. The Morgan fingerprint density at radius 2 is 2.13 bits per heavy atom. The molecule has 1 N–H and O–H groups in total. The summed E-state index contributed by atoms with van der Waals surface area (Å²) in [5.41, 5.74) is -0.853. The number of rotatable bonds is 4. The van der Waals surface area contributed by atoms with Gasteiger partial charge >= 0.3 is 0 Å². The van der Waals surface area contributed by atoms with Crippen molar-refractivity contribution >= 4 is 0 Å². The molecule has 0 aromatic carbocycles. The molecule has 0 spiro atoms. The van der Waals surface area contributed by atoms with E-state index in [4.69, 9.17) is 0 Å². The zero-order valence-corrected chi connectivity index (χ0v) is 9.63. The van der Waals surface area contributed by atoms with Gasteiger partial charge in [0.25, 0.3) is 0 Å². The van der Waals surface area contributed by atoms with E-state index in [1.165, 1.54) is 12.8 Å². The van der Waals surface area contributed by atoms with Crippen LogP contribution < -0.4 is 0 Å². The molecule has 0 aliphatic carbocycles. The summed E-state index contributed by atoms with van der Waals surface area (Å²) in [5.74, 6) is 6.00. The third kappa shape index (κ3) is 5.01. The molecule has 0 saturated carbocycles. The van der Waals surface area contributed by atoms with Crippen LogP contribution in [-0.2, 0) is 0 Å². The van der Waals surface area contributed by atoms with Gasteiger partial charge in [0.2, 0.25) is 0 Å². The Morgan fingerprint density at radius 1 is 1.47 bits per heavy atom. The van der Waals surface area contributed by atoms with Crippen LogP contribution in [0, 0.1) is 11.8 Å². The lowest BCUT2D eigenvalue weighted by Gasteiger charge is -2.15. The van der Waals surface area contributed by atoms with Crippen molar-refractivity contribution in [2.24, 2.45) is 0 Å². The van der Waals surface area contributed by atoms with E-state index in [2.05, 4.69) is 23.3 Å². The Kier molecular flexibility index (Phi) is 4.87. The second kappa shape index (κ2) is 5.95. The van der Waals surface area contributed by atoms with E-state index in [1.54, 1.807) is 6.92 Å². The number of hydrogen-bond donors (Lipinski definition) is 1. The summed E-state index contributed by atoms with van der Waals surface area (Å²) in [4.78, 5) is 2.33. The minimum absolute atomic E-state index is 0.670. The van der Waals surface area contributed by atoms with Crippen molar-refractivity contribution in [2.75, 3.05) is 19.6 Å². The highest BCUT2D eigenvalue weighted by Crippen LogP contribution is 2.11. The second-order valence-electron chi connectivity index (χ2n) is 4.39. The normalized spacial score (nSPS) is 20.4. The molecule has 0 bridgehead atoms. The zero-order valence-electron chi connectivity index (χ0n) is 9.63. The molecule has 0 aromatic heterocycles. The van der Waals surface area contributed by atoms with Gasteiger partial charge in [0.1, 0.15) is 5.60 Å². The van der Waals surface area contributed by atoms with Crippen molar-refractivity contribution in [3.63, 3.8) is 0 Å². The molecule has 0 unspecified atom stereocenters. The van der Waals surface area contributed by atoms with Gasteiger partial charge in [0.15, 0.2) is 0 Å². The number of nitrogens with zero attached hydrogens (tertiary/aromatic N) is 1. The van der Waals surface area contributed by atoms with Crippen LogP contribution in [0.1, 0.15) is 32.6 Å². The van der Waals surface area contributed by atoms with Gasteiger partial charge in [-0.25, -0.2) is 0 Å². The second-order valence-corrected chi connectivity index (χ2v) is 4.39. The predicted octanol–water partition coefficient (Wildman–Crippen LogP) is 1.80. The Labute approximate surface area is 93.0 Å². The van der Waals surface area contributed by atoms with E-state index in [1.807, 2.05) is 6.08 Å². The van der Waals surface area contributed by atoms with Crippen molar-refractivity contribution in [1.29, 1.82) is 0 Å². The molecule has 1 fully saturated rings. The molecule has 2 nitrogen and oxygen atoms in total. The lowest BCUT2D eigenvalue weighted by molar-refractivity contribution is 0.113. The van der Waals surface area contributed by atoms with Crippen molar-refractivity contribution in [3.05, 3.63) is 12.7 Å². The molecule has 1 heterocycles. The smallest absolute Gasteiger partial charge is 0.123 e. The fourth-order valence-electron chi connectivity index (χ4n) is 1.73. The van der Waals surface area contributed by atoms with E-state index in [9.17, 15) is 5.11 Å². The Hall–Kier alpha value is -0.780. The van der Waals surface area contributed by atoms with Gasteiger partial charge in [0, 0.05) is 0 Å². The molecular weight excluding hydrogens is 186 g/mol. The Balaban J connectivity index is 2.30. The maximum absolute atomic E-state index is 9.88. The van der Waals surface area contributed by atoms with Crippen LogP contribution in [0.25, 0.3) is 0 Å². The van der Waals surface area contributed by atoms with Crippen LogP contribution in [0.15, 0.2) is 12.7 Å². The maximum atomic E-state index is 9.88. The largest absolute Gasteiger partial charge is 0.378 e. The highest BCUT2D eigenvalue weighted by Gasteiger charge is 2.15. The summed E-state index contributed by atoms with van der Waals surface area (Å²) in [6.45, 7) is 8.52. The number of likely N-dealkylation sites (tertiary alicyclic amines) is 1. The summed E-state index contributed by atoms with van der Waals surface area (Å²) < 4.78 is 0. The number of allylic oxidation sites excluding steroid dienone is 1. The third-order valence-electron chi connectivity index (χ3n) is 2.69. The fourth-order valence-corrected chi connectivity index (χ4v) is 1.73. The van der Waals surface area contributed by atoms with Crippen LogP contribution in [0.4, 0.5) is 0 Å². The van der Waals surface area contributed by atoms with Gasteiger partial charge in [-0.05, 0) is 45.7 Å². The van der Waals surface area contributed by atoms with Crippen molar-refractivity contribution in [1.82, 2.24) is 4.90 Å². The van der Waals surface area contributed by atoms with Gasteiger partial charge in [-0.3, -0.25) is 4.90 Å². The first-order valence-electron chi connectivity index (χ1n) is 5.70. The first kappa shape index (κ1) is 12.3. The predicted molar refractivity (Wildman–Crippen MR) is 63.5 cm³/mol. The SMILES string of the molecule is C=CCC[C@@](C)(O)C#CCN1CCCC1. The molecule has 1 rings (SSSR count). The summed E-state index contributed by atoms with van der Waals surface area (Å²) >= 11 is 0. The van der Waals surface area contributed by atoms with Gasteiger partial charge < -0.3 is 5.11 Å². The van der Waals surface area contributed by atoms with Gasteiger partial charge in [-0.2, -0.15) is 0 Å². The molecule has 15 heavy (non-hydrogen) atoms. The van der Waals surface area contributed by atoms with Gasteiger partial charge in [-0.1, -0.05) is 17.9 Å². The maximum Gasteiger partial charge on any atom is 0.123 e. The summed E-state index contributed by atoms with van der Waals surface area (Å²) in [7, 11) is 0. The molecule has 1 aliphatic heterocycles. The van der Waals surface area contributed by atoms with Gasteiger partial charge in [-0.15, -0.1) is 6.58 Å². The highest BCUT2D eigenvalue weighted by atomic mass is 16.3. The van der Waals surface area contributed by atoms with E-state index < -0.39 is 5.60 Å². The molecule has 0 aromatic rings. The Bertz CT molecular complexity index is 253. The van der Waals surface area contributed by atoms with Crippen molar-refractivity contribution in [2.45, 2.75) is 38.2 Å². The molecule has 0 radical (unpaired) electrons. The average molecular weight is 207 g/mol. The van der Waals surface area contributed by atoms with E-state index in [0.717, 1.165) is 26.1 Å². The zero-order chi connectivity index (χ0) is 11.1. The number of hydrogen-bond acceptors (Lipinski definition) is 2. The van der Waals surface area contributed by atoms with E-state index in [0.29, 0.717) is 6.42 Å². The standard InChI is InChI=1S/C13H21NO/c1-3-4-8-13(2,15)9-7-12-14-10-5-6-11-14/h3,15H,1,4-6,8,10-12H2,2H3/t13-/m1/s1. The molecule has 1 aliphatic rings. The number of aliphatic hydroxyl groups is 1. The molecule has 84 valence electrons. The topological polar surface area (TPSA) is 23.5 Å². The fraction of sp³-hybridized carbons (Fsp3) is 0.692. The lowest BCUT2D eigenvalue weighted by Crippen LogP contribution is -2.23. The molecule has 1 atom stereocenters. The van der Waals surface area contributed by atoms with Crippen LogP contribution in [0.5, 0.6) is 0 Å². The Morgan fingerprint density at radius 3 is 2.73 bits per heavy atom. The molecule has 1 saturated heterocycles. The summed E-state index contributed by atoms with van der Waals surface area (Å²) in [5, 5.41) is 9.88. The van der Waals surface area contributed by atoms with Gasteiger partial charge in [0.05, 0.1) is 6.54 Å². The van der Waals surface area contributed by atoms with Crippen LogP contribution >= 0.6 is 0 Å². The average Bonchev–Trinajstić information content (AvgIpc) is 2.67. The van der Waals surface area contributed by atoms with Crippen LogP contribution in [0.2, 0.25) is 0 Å². The lowest BCUT2D eigenvalue weighted by atomic mass is 10.0. The highest BCUT2D eigenvalue weighted by molar-refractivity contribution is 5.13. The third-order valence-corrected chi connectivity index (χ3v) is 2.69. The van der Waals surface area contributed by atoms with Crippen molar-refractivity contribution < 1.29 is 5.11 Å².